The number of aliphatic hydroxyl groups excluding tert-OH is 2. The summed E-state index contributed by atoms with van der Waals surface area (Å²) in [5.41, 5.74) is 2.55. The maximum atomic E-state index is 9.28. The molecule has 0 saturated heterocycles. The van der Waals surface area contributed by atoms with Crippen molar-refractivity contribution in [3.8, 4) is 11.6 Å². The molecule has 1 aromatic heterocycles. The fourth-order valence-corrected chi connectivity index (χ4v) is 1.93. The monoisotopic (exact) mass is 273 g/mol. The smallest absolute Gasteiger partial charge is 0.219 e. The number of ether oxygens (including phenoxy) is 1. The lowest BCUT2D eigenvalue weighted by Crippen LogP contribution is -1.97. The lowest BCUT2D eigenvalue weighted by molar-refractivity contribution is 0.280. The van der Waals surface area contributed by atoms with E-state index in [-0.39, 0.29) is 13.2 Å². The highest BCUT2D eigenvalue weighted by atomic mass is 16.5. The van der Waals surface area contributed by atoms with E-state index in [9.17, 15) is 5.11 Å². The molecule has 2 N–H and O–H groups in total. The van der Waals surface area contributed by atoms with Crippen LogP contribution in [0.15, 0.2) is 36.4 Å². The van der Waals surface area contributed by atoms with Crippen LogP contribution in [0.1, 0.15) is 30.2 Å². The Morgan fingerprint density at radius 3 is 2.30 bits per heavy atom. The number of hydrogen-bond donors (Lipinski definition) is 2. The third kappa shape index (κ3) is 3.79. The van der Waals surface area contributed by atoms with Gasteiger partial charge in [0.1, 0.15) is 5.75 Å². The number of nitrogens with zero attached hydrogens (tertiary/aromatic N) is 1. The fourth-order valence-electron chi connectivity index (χ4n) is 1.93. The van der Waals surface area contributed by atoms with E-state index in [1.54, 1.807) is 30.3 Å². The zero-order chi connectivity index (χ0) is 14.4. The molecule has 1 heterocycles. The largest absolute Gasteiger partial charge is 0.439 e. The molecule has 20 heavy (non-hydrogen) atoms. The van der Waals surface area contributed by atoms with Crippen LogP contribution in [0.4, 0.5) is 0 Å². The summed E-state index contributed by atoms with van der Waals surface area (Å²) in [6, 6.07) is 10.8. The Bertz CT molecular complexity index is 552. The second-order valence-electron chi connectivity index (χ2n) is 4.62. The number of aromatic nitrogens is 1. The Morgan fingerprint density at radius 1 is 1.00 bits per heavy atom. The van der Waals surface area contributed by atoms with Gasteiger partial charge in [-0.1, -0.05) is 25.5 Å². The third-order valence-electron chi connectivity index (χ3n) is 2.93. The van der Waals surface area contributed by atoms with Gasteiger partial charge in [-0.05, 0) is 35.7 Å². The number of pyridine rings is 1. The maximum Gasteiger partial charge on any atom is 0.219 e. The van der Waals surface area contributed by atoms with Crippen LogP contribution in [-0.2, 0) is 19.6 Å². The molecule has 0 radical (unpaired) electrons. The molecule has 0 spiro atoms. The van der Waals surface area contributed by atoms with Crippen LogP contribution in [0.2, 0.25) is 0 Å². The first kappa shape index (κ1) is 14.5. The van der Waals surface area contributed by atoms with Gasteiger partial charge < -0.3 is 14.9 Å². The van der Waals surface area contributed by atoms with Gasteiger partial charge in [0.2, 0.25) is 5.88 Å². The number of benzene rings is 1. The average Bonchev–Trinajstić information content (AvgIpc) is 2.48. The van der Waals surface area contributed by atoms with E-state index in [2.05, 4.69) is 11.9 Å². The Balaban J connectivity index is 2.20. The van der Waals surface area contributed by atoms with Crippen LogP contribution >= 0.6 is 0 Å². The van der Waals surface area contributed by atoms with Crippen LogP contribution in [0.25, 0.3) is 0 Å². The van der Waals surface area contributed by atoms with Crippen LogP contribution in [0, 0.1) is 0 Å². The molecule has 4 heteroatoms. The molecule has 0 atom stereocenters. The quantitative estimate of drug-likeness (QED) is 0.849. The Labute approximate surface area is 118 Å². The summed E-state index contributed by atoms with van der Waals surface area (Å²) in [6.45, 7) is 2.07. The van der Waals surface area contributed by atoms with E-state index in [0.717, 1.165) is 29.7 Å². The highest BCUT2D eigenvalue weighted by Crippen LogP contribution is 2.22. The molecule has 1 aromatic carbocycles. The molecular formula is C16H19NO3. The summed E-state index contributed by atoms with van der Waals surface area (Å²) < 4.78 is 5.70. The molecule has 4 nitrogen and oxygen atoms in total. The molecule has 0 aliphatic carbocycles. The van der Waals surface area contributed by atoms with E-state index in [1.807, 2.05) is 6.07 Å². The van der Waals surface area contributed by atoms with Gasteiger partial charge in [0.05, 0.1) is 13.2 Å². The van der Waals surface area contributed by atoms with Gasteiger partial charge >= 0.3 is 0 Å². The average molecular weight is 273 g/mol. The first-order chi connectivity index (χ1) is 9.75. The summed E-state index contributed by atoms with van der Waals surface area (Å²) in [5.74, 6) is 1.14. The minimum atomic E-state index is -0.0287. The molecule has 2 aromatic rings. The van der Waals surface area contributed by atoms with Crippen LogP contribution in [-0.4, -0.2) is 15.2 Å². The SMILES string of the molecule is CCCc1cc(CO)cc(Oc2ccc(CO)cc2)n1. The Kier molecular flexibility index (Phi) is 5.09. The second-order valence-corrected chi connectivity index (χ2v) is 4.62. The molecule has 0 fully saturated rings. The minimum absolute atomic E-state index is 0.0131. The van der Waals surface area contributed by atoms with E-state index in [4.69, 9.17) is 9.84 Å². The number of aryl methyl sites for hydroxylation is 1. The number of aliphatic hydroxyl groups is 2. The molecule has 0 amide bonds. The molecule has 0 bridgehead atoms. The lowest BCUT2D eigenvalue weighted by atomic mass is 10.2. The van der Waals surface area contributed by atoms with Crippen molar-refractivity contribution in [3.05, 3.63) is 53.2 Å². The van der Waals surface area contributed by atoms with Crippen LogP contribution < -0.4 is 4.74 Å². The Morgan fingerprint density at radius 2 is 1.70 bits per heavy atom. The topological polar surface area (TPSA) is 62.6 Å². The third-order valence-corrected chi connectivity index (χ3v) is 2.93. The Hall–Kier alpha value is -1.91. The molecule has 0 aliphatic heterocycles. The summed E-state index contributed by atoms with van der Waals surface area (Å²) in [7, 11) is 0. The predicted octanol–water partition coefficient (Wildman–Crippen LogP) is 2.81. The summed E-state index contributed by atoms with van der Waals surface area (Å²) >= 11 is 0. The van der Waals surface area contributed by atoms with Crippen molar-refractivity contribution in [1.82, 2.24) is 4.98 Å². The lowest BCUT2D eigenvalue weighted by Gasteiger charge is -2.09. The predicted molar refractivity (Wildman–Crippen MR) is 76.6 cm³/mol. The first-order valence-electron chi connectivity index (χ1n) is 6.73. The van der Waals surface area contributed by atoms with Gasteiger partial charge in [0.15, 0.2) is 0 Å². The van der Waals surface area contributed by atoms with E-state index in [0.29, 0.717) is 11.6 Å². The second kappa shape index (κ2) is 7.03. The molecule has 106 valence electrons. The minimum Gasteiger partial charge on any atom is -0.439 e. The summed E-state index contributed by atoms with van der Waals surface area (Å²) in [5, 5.41) is 18.3. The van der Waals surface area contributed by atoms with Crippen LogP contribution in [0.3, 0.4) is 0 Å². The highest BCUT2D eigenvalue weighted by molar-refractivity contribution is 5.32. The van der Waals surface area contributed by atoms with Gasteiger partial charge in [0.25, 0.3) is 0 Å². The van der Waals surface area contributed by atoms with Crippen molar-refractivity contribution >= 4 is 0 Å². The standard InChI is InChI=1S/C16H19NO3/c1-2-3-14-8-13(11-19)9-16(17-14)20-15-6-4-12(10-18)5-7-15/h4-9,18-19H,2-3,10-11H2,1H3. The van der Waals surface area contributed by atoms with E-state index >= 15 is 0 Å². The molecule has 0 aliphatic rings. The van der Waals surface area contributed by atoms with Crippen molar-refractivity contribution in [2.24, 2.45) is 0 Å². The highest BCUT2D eigenvalue weighted by Gasteiger charge is 2.05. The molecule has 2 rings (SSSR count). The van der Waals surface area contributed by atoms with Crippen molar-refractivity contribution in [2.45, 2.75) is 33.0 Å². The number of hydrogen-bond acceptors (Lipinski definition) is 4. The normalized spacial score (nSPS) is 10.6. The summed E-state index contributed by atoms with van der Waals surface area (Å²) in [6.07, 6.45) is 1.85. The van der Waals surface area contributed by atoms with Crippen molar-refractivity contribution in [2.75, 3.05) is 0 Å². The van der Waals surface area contributed by atoms with E-state index in [1.165, 1.54) is 0 Å². The van der Waals surface area contributed by atoms with E-state index < -0.39 is 0 Å². The van der Waals surface area contributed by atoms with Gasteiger partial charge in [-0.2, -0.15) is 0 Å². The molecule has 0 saturated carbocycles. The van der Waals surface area contributed by atoms with Crippen molar-refractivity contribution in [3.63, 3.8) is 0 Å². The van der Waals surface area contributed by atoms with Gasteiger partial charge in [0, 0.05) is 11.8 Å². The molecular weight excluding hydrogens is 254 g/mol. The fraction of sp³-hybridized carbons (Fsp3) is 0.312. The van der Waals surface area contributed by atoms with Crippen molar-refractivity contribution in [1.29, 1.82) is 0 Å². The van der Waals surface area contributed by atoms with Gasteiger partial charge in [-0.3, -0.25) is 0 Å². The molecule has 0 unspecified atom stereocenters. The first-order valence-corrected chi connectivity index (χ1v) is 6.73. The van der Waals surface area contributed by atoms with Gasteiger partial charge in [-0.25, -0.2) is 4.98 Å². The maximum absolute atomic E-state index is 9.28. The van der Waals surface area contributed by atoms with Gasteiger partial charge in [-0.15, -0.1) is 0 Å². The number of rotatable bonds is 6. The summed E-state index contributed by atoms with van der Waals surface area (Å²) in [4.78, 5) is 4.43. The van der Waals surface area contributed by atoms with Crippen LogP contribution in [0.5, 0.6) is 11.6 Å². The zero-order valence-electron chi connectivity index (χ0n) is 11.5. The zero-order valence-corrected chi connectivity index (χ0v) is 11.5. The van der Waals surface area contributed by atoms with Crippen molar-refractivity contribution < 1.29 is 14.9 Å².